The molecule has 3 aromatic rings. The van der Waals surface area contributed by atoms with Gasteiger partial charge in [-0.25, -0.2) is 0 Å². The number of aromatic nitrogens is 1. The van der Waals surface area contributed by atoms with Crippen molar-refractivity contribution in [2.75, 3.05) is 5.32 Å². The molecule has 6 nitrogen and oxygen atoms in total. The number of rotatable bonds is 6. The van der Waals surface area contributed by atoms with Gasteiger partial charge in [0.1, 0.15) is 6.54 Å². The average Bonchev–Trinajstić information content (AvgIpc) is 2.74. The molecule has 0 radical (unpaired) electrons. The summed E-state index contributed by atoms with van der Waals surface area (Å²) in [4.78, 5) is 36.9. The van der Waals surface area contributed by atoms with Gasteiger partial charge in [0.15, 0.2) is 0 Å². The molecule has 0 fully saturated rings. The van der Waals surface area contributed by atoms with Crippen LogP contribution in [0, 0.1) is 6.92 Å². The van der Waals surface area contributed by atoms with Gasteiger partial charge in [-0.1, -0.05) is 42.0 Å². The molecule has 9 heteroatoms. The Balaban J connectivity index is 1.70. The molecule has 2 aromatic carbocycles. The lowest BCUT2D eigenvalue weighted by atomic mass is 10.1. The first-order valence-corrected chi connectivity index (χ1v) is 9.64. The second-order valence-corrected chi connectivity index (χ2v) is 7.14. The van der Waals surface area contributed by atoms with E-state index in [0.717, 1.165) is 17.2 Å². The van der Waals surface area contributed by atoms with Gasteiger partial charge in [0.05, 0.1) is 16.8 Å². The first-order valence-electron chi connectivity index (χ1n) is 9.64. The van der Waals surface area contributed by atoms with Crippen LogP contribution >= 0.6 is 0 Å². The molecule has 166 valence electrons. The van der Waals surface area contributed by atoms with Gasteiger partial charge in [0, 0.05) is 18.8 Å². The molecule has 0 aliphatic rings. The number of carbonyl (C=O) groups excluding carboxylic acids is 2. The van der Waals surface area contributed by atoms with Crippen molar-refractivity contribution in [2.45, 2.75) is 26.2 Å². The van der Waals surface area contributed by atoms with Crippen LogP contribution in [0.15, 0.2) is 71.7 Å². The van der Waals surface area contributed by atoms with Crippen LogP contribution in [0.3, 0.4) is 0 Å². The summed E-state index contributed by atoms with van der Waals surface area (Å²) in [6, 6.07) is 15.2. The Hall–Kier alpha value is -3.88. The molecule has 0 bridgehead atoms. The Morgan fingerprint density at radius 3 is 2.34 bits per heavy atom. The second-order valence-electron chi connectivity index (χ2n) is 7.14. The molecule has 32 heavy (non-hydrogen) atoms. The highest BCUT2D eigenvalue weighted by Gasteiger charge is 2.31. The molecule has 0 saturated heterocycles. The lowest BCUT2D eigenvalue weighted by Gasteiger charge is -2.13. The van der Waals surface area contributed by atoms with E-state index in [1.165, 1.54) is 12.1 Å². The average molecular weight is 443 g/mol. The molecular weight excluding hydrogens is 423 g/mol. The van der Waals surface area contributed by atoms with Crippen molar-refractivity contribution in [1.29, 1.82) is 0 Å². The number of aryl methyl sites for hydroxylation is 1. The van der Waals surface area contributed by atoms with E-state index in [1.807, 2.05) is 31.2 Å². The van der Waals surface area contributed by atoms with Crippen molar-refractivity contribution in [3.8, 4) is 0 Å². The minimum absolute atomic E-state index is 0.180. The van der Waals surface area contributed by atoms with Gasteiger partial charge < -0.3 is 15.2 Å². The van der Waals surface area contributed by atoms with Gasteiger partial charge in [-0.3, -0.25) is 14.4 Å². The number of para-hydroxylation sites is 1. The SMILES string of the molecule is Cc1ccc(CNC(=O)c2ccccc2NC(=O)Cn2cc(C(F)(F)F)ccc2=O)cc1. The molecule has 2 N–H and O–H groups in total. The van der Waals surface area contributed by atoms with E-state index in [-0.39, 0.29) is 17.8 Å². The number of alkyl halides is 3. The number of nitrogens with zero attached hydrogens (tertiary/aromatic N) is 1. The molecule has 0 aliphatic heterocycles. The molecule has 3 rings (SSSR count). The standard InChI is InChI=1S/C23H20F3N3O3/c1-15-6-8-16(9-7-15)12-27-22(32)18-4-2-3-5-19(18)28-20(30)14-29-13-17(23(24,25)26)10-11-21(29)31/h2-11,13H,12,14H2,1H3,(H,27,32)(H,28,30). The topological polar surface area (TPSA) is 80.2 Å². The number of hydrogen-bond acceptors (Lipinski definition) is 3. The zero-order valence-corrected chi connectivity index (χ0v) is 17.1. The number of anilines is 1. The fraction of sp³-hybridized carbons (Fsp3) is 0.174. The van der Waals surface area contributed by atoms with E-state index in [0.29, 0.717) is 16.8 Å². The predicted octanol–water partition coefficient (Wildman–Crippen LogP) is 3.74. The number of nitrogens with one attached hydrogen (secondary N) is 2. The Bertz CT molecular complexity index is 1190. The van der Waals surface area contributed by atoms with Crippen LogP contribution in [0.2, 0.25) is 0 Å². The first-order chi connectivity index (χ1) is 15.1. The maximum Gasteiger partial charge on any atom is 0.417 e. The normalized spacial score (nSPS) is 11.1. The summed E-state index contributed by atoms with van der Waals surface area (Å²) in [5.74, 6) is -1.18. The van der Waals surface area contributed by atoms with Crippen LogP contribution in [0.25, 0.3) is 0 Å². The Morgan fingerprint density at radius 2 is 1.66 bits per heavy atom. The monoisotopic (exact) mass is 443 g/mol. The van der Waals surface area contributed by atoms with Crippen LogP contribution in [0.5, 0.6) is 0 Å². The van der Waals surface area contributed by atoms with Gasteiger partial charge in [-0.15, -0.1) is 0 Å². The van der Waals surface area contributed by atoms with Crippen molar-refractivity contribution >= 4 is 17.5 Å². The molecule has 1 aromatic heterocycles. The van der Waals surface area contributed by atoms with Crippen molar-refractivity contribution in [3.63, 3.8) is 0 Å². The lowest BCUT2D eigenvalue weighted by Crippen LogP contribution is -2.29. The molecule has 2 amide bonds. The predicted molar refractivity (Wildman–Crippen MR) is 113 cm³/mol. The molecule has 0 atom stereocenters. The van der Waals surface area contributed by atoms with Gasteiger partial charge >= 0.3 is 6.18 Å². The third kappa shape index (κ3) is 5.84. The molecular formula is C23H20F3N3O3. The van der Waals surface area contributed by atoms with Crippen LogP contribution in [0.4, 0.5) is 18.9 Å². The number of halogens is 3. The summed E-state index contributed by atoms with van der Waals surface area (Å²) in [5.41, 5.74) is 0.559. The number of amides is 2. The fourth-order valence-corrected chi connectivity index (χ4v) is 2.94. The van der Waals surface area contributed by atoms with Crippen LogP contribution in [0.1, 0.15) is 27.0 Å². The van der Waals surface area contributed by atoms with E-state index in [1.54, 1.807) is 12.1 Å². The zero-order chi connectivity index (χ0) is 23.3. The lowest BCUT2D eigenvalue weighted by molar-refractivity contribution is -0.138. The van der Waals surface area contributed by atoms with Crippen LogP contribution in [-0.2, 0) is 24.1 Å². The van der Waals surface area contributed by atoms with Gasteiger partial charge in [0.2, 0.25) is 5.91 Å². The Kier molecular flexibility index (Phi) is 6.77. The highest BCUT2D eigenvalue weighted by atomic mass is 19.4. The summed E-state index contributed by atoms with van der Waals surface area (Å²) in [7, 11) is 0. The number of benzene rings is 2. The summed E-state index contributed by atoms with van der Waals surface area (Å²) in [6.07, 6.45) is -4.06. The highest BCUT2D eigenvalue weighted by Crippen LogP contribution is 2.28. The van der Waals surface area contributed by atoms with E-state index in [2.05, 4.69) is 10.6 Å². The van der Waals surface area contributed by atoms with Gasteiger partial charge in [-0.2, -0.15) is 13.2 Å². The van der Waals surface area contributed by atoms with Crippen LogP contribution in [-0.4, -0.2) is 16.4 Å². The Labute approximate surface area is 181 Å². The second kappa shape index (κ2) is 9.51. The minimum Gasteiger partial charge on any atom is -0.348 e. The molecule has 0 unspecified atom stereocenters. The third-order valence-corrected chi connectivity index (χ3v) is 4.64. The summed E-state index contributed by atoms with van der Waals surface area (Å²) in [5, 5.41) is 5.25. The maximum absolute atomic E-state index is 12.9. The van der Waals surface area contributed by atoms with Gasteiger partial charge in [-0.05, 0) is 30.7 Å². The highest BCUT2D eigenvalue weighted by molar-refractivity contribution is 6.03. The first kappa shape index (κ1) is 22.8. The quantitative estimate of drug-likeness (QED) is 0.609. The molecule has 0 aliphatic carbocycles. The summed E-state index contributed by atoms with van der Waals surface area (Å²) < 4.78 is 39.3. The number of pyridine rings is 1. The molecule has 1 heterocycles. The number of carbonyl (C=O) groups is 2. The van der Waals surface area contributed by atoms with Gasteiger partial charge in [0.25, 0.3) is 11.5 Å². The van der Waals surface area contributed by atoms with E-state index in [4.69, 9.17) is 0 Å². The van der Waals surface area contributed by atoms with Crippen molar-refractivity contribution < 1.29 is 22.8 Å². The minimum atomic E-state index is -4.64. The van der Waals surface area contributed by atoms with E-state index in [9.17, 15) is 27.6 Å². The smallest absolute Gasteiger partial charge is 0.348 e. The van der Waals surface area contributed by atoms with Crippen molar-refractivity contribution in [1.82, 2.24) is 9.88 Å². The summed E-state index contributed by atoms with van der Waals surface area (Å²) in [6.45, 7) is 1.60. The van der Waals surface area contributed by atoms with Crippen molar-refractivity contribution in [3.05, 3.63) is 99.5 Å². The van der Waals surface area contributed by atoms with Crippen LogP contribution < -0.4 is 16.2 Å². The zero-order valence-electron chi connectivity index (χ0n) is 17.1. The van der Waals surface area contributed by atoms with E-state index >= 15 is 0 Å². The third-order valence-electron chi connectivity index (χ3n) is 4.64. The Morgan fingerprint density at radius 1 is 0.969 bits per heavy atom. The maximum atomic E-state index is 12.9. The largest absolute Gasteiger partial charge is 0.417 e. The van der Waals surface area contributed by atoms with Crippen molar-refractivity contribution in [2.24, 2.45) is 0 Å². The molecule has 0 saturated carbocycles. The molecule has 0 spiro atoms. The summed E-state index contributed by atoms with van der Waals surface area (Å²) >= 11 is 0. The van der Waals surface area contributed by atoms with E-state index < -0.39 is 35.7 Å². The number of hydrogen-bond donors (Lipinski definition) is 2. The fourth-order valence-electron chi connectivity index (χ4n) is 2.94.